The first kappa shape index (κ1) is 12.2. The smallest absolute Gasteiger partial charge is 0.128 e. The molecule has 0 radical (unpaired) electrons. The van der Waals surface area contributed by atoms with E-state index in [4.69, 9.17) is 5.73 Å². The van der Waals surface area contributed by atoms with E-state index in [9.17, 15) is 0 Å². The summed E-state index contributed by atoms with van der Waals surface area (Å²) in [4.78, 5) is 6.81. The molecule has 17 heavy (non-hydrogen) atoms. The molecule has 0 atom stereocenters. The van der Waals surface area contributed by atoms with Crippen molar-refractivity contribution in [2.75, 3.05) is 23.7 Å². The number of aryl methyl sites for hydroxylation is 1. The monoisotopic (exact) mass is 233 g/mol. The van der Waals surface area contributed by atoms with E-state index in [0.717, 1.165) is 42.0 Å². The van der Waals surface area contributed by atoms with Gasteiger partial charge in [-0.05, 0) is 43.2 Å². The highest BCUT2D eigenvalue weighted by Gasteiger charge is 2.22. The number of nitrogens with zero attached hydrogens (tertiary/aromatic N) is 2. The summed E-state index contributed by atoms with van der Waals surface area (Å²) in [6.45, 7) is 8.94. The Hall–Kier alpha value is -1.25. The maximum Gasteiger partial charge on any atom is 0.128 e. The third-order valence-electron chi connectivity index (χ3n) is 3.94. The lowest BCUT2D eigenvalue weighted by atomic mass is 9.87. The number of piperidine rings is 1. The van der Waals surface area contributed by atoms with Crippen LogP contribution < -0.4 is 10.6 Å². The van der Waals surface area contributed by atoms with Crippen LogP contribution in [-0.2, 0) is 0 Å². The summed E-state index contributed by atoms with van der Waals surface area (Å²) in [6, 6.07) is 2.10. The number of pyridine rings is 1. The highest BCUT2D eigenvalue weighted by atomic mass is 15.2. The number of rotatable bonds is 2. The van der Waals surface area contributed by atoms with Gasteiger partial charge in [-0.1, -0.05) is 13.8 Å². The van der Waals surface area contributed by atoms with Gasteiger partial charge in [-0.3, -0.25) is 0 Å². The van der Waals surface area contributed by atoms with E-state index in [1.165, 1.54) is 12.8 Å². The second-order valence-corrected chi connectivity index (χ2v) is 5.47. The minimum atomic E-state index is 0.783. The first-order valence-electron chi connectivity index (χ1n) is 6.55. The summed E-state index contributed by atoms with van der Waals surface area (Å²) in [7, 11) is 0. The number of nitrogen functional groups attached to an aromatic ring is 1. The van der Waals surface area contributed by atoms with E-state index >= 15 is 0 Å². The Morgan fingerprint density at radius 1 is 1.35 bits per heavy atom. The van der Waals surface area contributed by atoms with Gasteiger partial charge in [0, 0.05) is 13.1 Å². The Balaban J connectivity index is 2.03. The molecule has 0 unspecified atom stereocenters. The van der Waals surface area contributed by atoms with Crippen LogP contribution in [0, 0.1) is 18.8 Å². The summed E-state index contributed by atoms with van der Waals surface area (Å²) in [5.74, 6) is 2.76. The molecule has 2 N–H and O–H groups in total. The standard InChI is InChI=1S/C14H23N3/c1-10(2)12-4-6-17(7-5-12)14-8-11(3)13(15)9-16-14/h8-10,12H,4-7,15H2,1-3H3. The fourth-order valence-corrected chi connectivity index (χ4v) is 2.52. The highest BCUT2D eigenvalue weighted by molar-refractivity contribution is 5.52. The summed E-state index contributed by atoms with van der Waals surface area (Å²) < 4.78 is 0. The van der Waals surface area contributed by atoms with Crippen LogP contribution in [0.3, 0.4) is 0 Å². The quantitative estimate of drug-likeness (QED) is 0.854. The van der Waals surface area contributed by atoms with Crippen LogP contribution in [0.4, 0.5) is 11.5 Å². The molecule has 0 aliphatic carbocycles. The molecule has 1 saturated heterocycles. The van der Waals surface area contributed by atoms with Crippen molar-refractivity contribution in [3.05, 3.63) is 17.8 Å². The minimum absolute atomic E-state index is 0.783. The third-order valence-corrected chi connectivity index (χ3v) is 3.94. The Kier molecular flexibility index (Phi) is 3.55. The van der Waals surface area contributed by atoms with Crippen molar-refractivity contribution >= 4 is 11.5 Å². The molecule has 0 amide bonds. The zero-order valence-corrected chi connectivity index (χ0v) is 11.1. The Morgan fingerprint density at radius 3 is 2.53 bits per heavy atom. The van der Waals surface area contributed by atoms with Crippen molar-refractivity contribution in [1.29, 1.82) is 0 Å². The summed E-state index contributed by atoms with van der Waals surface area (Å²) >= 11 is 0. The van der Waals surface area contributed by atoms with E-state index in [0.29, 0.717) is 0 Å². The SMILES string of the molecule is Cc1cc(N2CCC(C(C)C)CC2)ncc1N. The van der Waals surface area contributed by atoms with Crippen molar-refractivity contribution < 1.29 is 0 Å². The number of hydrogen-bond acceptors (Lipinski definition) is 3. The van der Waals surface area contributed by atoms with Crippen LogP contribution >= 0.6 is 0 Å². The molecule has 2 heterocycles. The van der Waals surface area contributed by atoms with Gasteiger partial charge in [0.1, 0.15) is 5.82 Å². The second kappa shape index (κ2) is 4.94. The predicted molar refractivity (Wildman–Crippen MR) is 73.2 cm³/mol. The molecule has 94 valence electrons. The van der Waals surface area contributed by atoms with Gasteiger partial charge in [0.2, 0.25) is 0 Å². The second-order valence-electron chi connectivity index (χ2n) is 5.47. The number of hydrogen-bond donors (Lipinski definition) is 1. The first-order valence-corrected chi connectivity index (χ1v) is 6.55. The van der Waals surface area contributed by atoms with Crippen molar-refractivity contribution in [2.24, 2.45) is 11.8 Å². The lowest BCUT2D eigenvalue weighted by molar-refractivity contribution is 0.310. The van der Waals surface area contributed by atoms with Crippen molar-refractivity contribution in [3.63, 3.8) is 0 Å². The topological polar surface area (TPSA) is 42.2 Å². The normalized spacial score (nSPS) is 17.8. The van der Waals surface area contributed by atoms with Gasteiger partial charge < -0.3 is 10.6 Å². The first-order chi connectivity index (χ1) is 8.08. The molecule has 1 aromatic heterocycles. The average Bonchev–Trinajstić information content (AvgIpc) is 2.33. The van der Waals surface area contributed by atoms with Gasteiger partial charge in [-0.15, -0.1) is 0 Å². The Labute approximate surface area is 104 Å². The van der Waals surface area contributed by atoms with Gasteiger partial charge in [-0.25, -0.2) is 4.98 Å². The van der Waals surface area contributed by atoms with Crippen molar-refractivity contribution in [2.45, 2.75) is 33.6 Å². The van der Waals surface area contributed by atoms with Gasteiger partial charge in [-0.2, -0.15) is 0 Å². The fraction of sp³-hybridized carbons (Fsp3) is 0.643. The van der Waals surface area contributed by atoms with Gasteiger partial charge in [0.15, 0.2) is 0 Å². The van der Waals surface area contributed by atoms with Crippen molar-refractivity contribution in [1.82, 2.24) is 4.98 Å². The number of nitrogens with two attached hydrogens (primary N) is 1. The molecule has 0 aromatic carbocycles. The maximum absolute atomic E-state index is 5.80. The molecule has 1 aromatic rings. The lowest BCUT2D eigenvalue weighted by Crippen LogP contribution is -2.35. The van der Waals surface area contributed by atoms with Gasteiger partial charge in [0.05, 0.1) is 11.9 Å². The maximum atomic E-state index is 5.80. The summed E-state index contributed by atoms with van der Waals surface area (Å²) in [5.41, 5.74) is 7.71. The van der Waals surface area contributed by atoms with E-state index in [1.807, 2.05) is 6.92 Å². The molecule has 1 aliphatic rings. The minimum Gasteiger partial charge on any atom is -0.397 e. The van der Waals surface area contributed by atoms with E-state index in [2.05, 4.69) is 29.8 Å². The largest absolute Gasteiger partial charge is 0.397 e. The average molecular weight is 233 g/mol. The van der Waals surface area contributed by atoms with Crippen molar-refractivity contribution in [3.8, 4) is 0 Å². The molecule has 0 bridgehead atoms. The third kappa shape index (κ3) is 2.71. The van der Waals surface area contributed by atoms with Crippen LogP contribution in [0.2, 0.25) is 0 Å². The van der Waals surface area contributed by atoms with Crippen LogP contribution in [-0.4, -0.2) is 18.1 Å². The highest BCUT2D eigenvalue weighted by Crippen LogP contribution is 2.27. The fourth-order valence-electron chi connectivity index (χ4n) is 2.52. The van der Waals surface area contributed by atoms with Crippen LogP contribution in [0.25, 0.3) is 0 Å². The molecule has 0 saturated carbocycles. The Morgan fingerprint density at radius 2 is 2.00 bits per heavy atom. The summed E-state index contributed by atoms with van der Waals surface area (Å²) in [6.07, 6.45) is 4.34. The molecule has 1 fully saturated rings. The molecule has 2 rings (SSSR count). The molecule has 3 heteroatoms. The van der Waals surface area contributed by atoms with Gasteiger partial charge in [0.25, 0.3) is 0 Å². The number of aromatic nitrogens is 1. The van der Waals surface area contributed by atoms with E-state index < -0.39 is 0 Å². The predicted octanol–water partition coefficient (Wildman–Crippen LogP) is 2.84. The van der Waals surface area contributed by atoms with Crippen LogP contribution in [0.15, 0.2) is 12.3 Å². The molecular formula is C14H23N3. The van der Waals surface area contributed by atoms with Crippen LogP contribution in [0.1, 0.15) is 32.3 Å². The van der Waals surface area contributed by atoms with E-state index in [1.54, 1.807) is 6.20 Å². The molecule has 0 spiro atoms. The number of anilines is 2. The molecular weight excluding hydrogens is 210 g/mol. The zero-order valence-electron chi connectivity index (χ0n) is 11.1. The van der Waals surface area contributed by atoms with E-state index in [-0.39, 0.29) is 0 Å². The summed E-state index contributed by atoms with van der Waals surface area (Å²) in [5, 5.41) is 0. The lowest BCUT2D eigenvalue weighted by Gasteiger charge is -2.34. The van der Waals surface area contributed by atoms with Crippen LogP contribution in [0.5, 0.6) is 0 Å². The van der Waals surface area contributed by atoms with Gasteiger partial charge >= 0.3 is 0 Å². The zero-order chi connectivity index (χ0) is 12.4. The molecule has 3 nitrogen and oxygen atoms in total. The Bertz CT molecular complexity index is 379. The molecule has 1 aliphatic heterocycles.